The van der Waals surface area contributed by atoms with Crippen molar-refractivity contribution in [1.82, 2.24) is 5.32 Å². The molecule has 1 aromatic carbocycles. The van der Waals surface area contributed by atoms with Crippen LogP contribution in [0.4, 0.5) is 5.69 Å². The van der Waals surface area contributed by atoms with Gasteiger partial charge in [0.05, 0.1) is 9.40 Å². The third-order valence-electron chi connectivity index (χ3n) is 2.80. The Morgan fingerprint density at radius 2 is 2.15 bits per heavy atom. The van der Waals surface area contributed by atoms with Crippen molar-refractivity contribution in [3.63, 3.8) is 0 Å². The fourth-order valence-electron chi connectivity index (χ4n) is 1.82. The Labute approximate surface area is 125 Å². The number of carboxylic acids is 1. The number of nitrogens with one attached hydrogen (secondary N) is 1. The van der Waals surface area contributed by atoms with Gasteiger partial charge < -0.3 is 10.4 Å². The molecule has 0 aliphatic carbocycles. The second-order valence-corrected chi connectivity index (χ2v) is 5.70. The van der Waals surface area contributed by atoms with Gasteiger partial charge in [-0.15, -0.1) is 0 Å². The number of hydrogen-bond acceptors (Lipinski definition) is 4. The molecular weight excluding hydrogens is 328 g/mol. The van der Waals surface area contributed by atoms with Crippen LogP contribution < -0.4 is 5.32 Å². The Morgan fingerprint density at radius 3 is 2.65 bits per heavy atom. The lowest BCUT2D eigenvalue weighted by molar-refractivity contribution is -0.385. The number of halogens is 1. The zero-order chi connectivity index (χ0) is 15.3. The summed E-state index contributed by atoms with van der Waals surface area (Å²) in [6.45, 7) is 4.15. The topological polar surface area (TPSA) is 92.5 Å². The van der Waals surface area contributed by atoms with E-state index in [1.165, 1.54) is 6.07 Å². The van der Waals surface area contributed by atoms with Crippen LogP contribution in [0.15, 0.2) is 22.7 Å². The lowest BCUT2D eigenvalue weighted by atomic mass is 10.0. The van der Waals surface area contributed by atoms with Gasteiger partial charge in [0.2, 0.25) is 0 Å². The molecule has 0 aliphatic rings. The Balaban J connectivity index is 2.80. The van der Waals surface area contributed by atoms with Crippen LogP contribution in [-0.4, -0.2) is 22.0 Å². The first-order chi connectivity index (χ1) is 9.32. The number of nitro groups is 1. The number of benzene rings is 1. The summed E-state index contributed by atoms with van der Waals surface area (Å²) in [5, 5.41) is 22.9. The maximum atomic E-state index is 11.1. The largest absolute Gasteiger partial charge is 0.480 e. The summed E-state index contributed by atoms with van der Waals surface area (Å²) >= 11 is 3.19. The van der Waals surface area contributed by atoms with Gasteiger partial charge in [0.25, 0.3) is 5.69 Å². The number of aliphatic carboxylic acids is 1. The molecule has 20 heavy (non-hydrogen) atoms. The maximum Gasteiger partial charge on any atom is 0.320 e. The van der Waals surface area contributed by atoms with Gasteiger partial charge >= 0.3 is 5.97 Å². The smallest absolute Gasteiger partial charge is 0.320 e. The predicted molar refractivity (Wildman–Crippen MR) is 78.5 cm³/mol. The van der Waals surface area contributed by atoms with E-state index in [1.807, 2.05) is 13.8 Å². The molecule has 0 saturated heterocycles. The van der Waals surface area contributed by atoms with E-state index >= 15 is 0 Å². The van der Waals surface area contributed by atoms with Crippen LogP contribution in [-0.2, 0) is 11.3 Å². The molecule has 1 aromatic rings. The molecule has 2 N–H and O–H groups in total. The van der Waals surface area contributed by atoms with Crippen molar-refractivity contribution in [2.24, 2.45) is 5.92 Å². The molecule has 0 saturated carbocycles. The first-order valence-electron chi connectivity index (χ1n) is 6.21. The van der Waals surface area contributed by atoms with E-state index in [2.05, 4.69) is 21.2 Å². The minimum absolute atomic E-state index is 0.0277. The fraction of sp³-hybridized carbons (Fsp3) is 0.462. The lowest BCUT2D eigenvalue weighted by Gasteiger charge is -2.16. The van der Waals surface area contributed by atoms with Crippen molar-refractivity contribution in [2.75, 3.05) is 0 Å². The molecule has 0 bridgehead atoms. The zero-order valence-corrected chi connectivity index (χ0v) is 12.9. The molecule has 1 rings (SSSR count). The van der Waals surface area contributed by atoms with Crippen LogP contribution in [0, 0.1) is 16.0 Å². The summed E-state index contributed by atoms with van der Waals surface area (Å²) < 4.78 is 0.381. The lowest BCUT2D eigenvalue weighted by Crippen LogP contribution is -2.37. The van der Waals surface area contributed by atoms with E-state index in [0.29, 0.717) is 16.5 Å². The molecule has 0 amide bonds. The molecular formula is C13H17BrN2O4. The molecule has 0 fully saturated rings. The summed E-state index contributed by atoms with van der Waals surface area (Å²) in [5.41, 5.74) is 0.634. The van der Waals surface area contributed by atoms with E-state index < -0.39 is 16.9 Å². The monoisotopic (exact) mass is 344 g/mol. The van der Waals surface area contributed by atoms with Gasteiger partial charge in [0.1, 0.15) is 6.04 Å². The Hall–Kier alpha value is -1.47. The van der Waals surface area contributed by atoms with Crippen LogP contribution in [0.3, 0.4) is 0 Å². The van der Waals surface area contributed by atoms with Crippen molar-refractivity contribution < 1.29 is 14.8 Å². The summed E-state index contributed by atoms with van der Waals surface area (Å²) in [5.74, 6) is -0.669. The minimum atomic E-state index is -0.916. The highest BCUT2D eigenvalue weighted by atomic mass is 79.9. The Bertz CT molecular complexity index is 505. The van der Waals surface area contributed by atoms with Gasteiger partial charge in [-0.05, 0) is 33.8 Å². The highest BCUT2D eigenvalue weighted by Crippen LogP contribution is 2.28. The quantitative estimate of drug-likeness (QED) is 0.585. The maximum absolute atomic E-state index is 11.1. The van der Waals surface area contributed by atoms with Crippen LogP contribution in [0.2, 0.25) is 0 Å². The second kappa shape index (κ2) is 7.35. The summed E-state index contributed by atoms with van der Waals surface area (Å²) in [4.78, 5) is 21.5. The highest BCUT2D eigenvalue weighted by Gasteiger charge is 2.20. The second-order valence-electron chi connectivity index (χ2n) is 4.91. The average molecular weight is 345 g/mol. The molecule has 110 valence electrons. The van der Waals surface area contributed by atoms with E-state index in [-0.39, 0.29) is 18.2 Å². The fourth-order valence-corrected chi connectivity index (χ4v) is 2.37. The summed E-state index contributed by atoms with van der Waals surface area (Å²) in [6.07, 6.45) is 0.502. The number of nitro benzene ring substituents is 1. The minimum Gasteiger partial charge on any atom is -0.480 e. The Kier molecular flexibility index (Phi) is 6.09. The normalized spacial score (nSPS) is 12.4. The molecule has 7 heteroatoms. The van der Waals surface area contributed by atoms with Crippen molar-refractivity contribution in [3.05, 3.63) is 38.3 Å². The van der Waals surface area contributed by atoms with Gasteiger partial charge in [0.15, 0.2) is 0 Å². The van der Waals surface area contributed by atoms with Gasteiger partial charge in [0, 0.05) is 12.6 Å². The number of hydrogen-bond donors (Lipinski definition) is 2. The van der Waals surface area contributed by atoms with Gasteiger partial charge in [-0.1, -0.05) is 26.0 Å². The number of carboxylic acid groups (broad SMARTS) is 1. The van der Waals surface area contributed by atoms with Gasteiger partial charge in [-0.2, -0.15) is 0 Å². The first-order valence-corrected chi connectivity index (χ1v) is 7.00. The third kappa shape index (κ3) is 4.57. The first kappa shape index (κ1) is 16.6. The Morgan fingerprint density at radius 1 is 1.50 bits per heavy atom. The molecule has 0 aliphatic heterocycles. The molecule has 0 heterocycles. The molecule has 1 unspecified atom stereocenters. The van der Waals surface area contributed by atoms with Gasteiger partial charge in [-0.3, -0.25) is 14.9 Å². The predicted octanol–water partition coefficient (Wildman–Crippen LogP) is 2.95. The van der Waals surface area contributed by atoms with Crippen molar-refractivity contribution in [2.45, 2.75) is 32.9 Å². The van der Waals surface area contributed by atoms with E-state index in [0.717, 1.165) is 0 Å². The third-order valence-corrected chi connectivity index (χ3v) is 3.71. The van der Waals surface area contributed by atoms with Crippen LogP contribution in [0.5, 0.6) is 0 Å². The van der Waals surface area contributed by atoms with E-state index in [4.69, 9.17) is 5.11 Å². The number of rotatable bonds is 7. The zero-order valence-electron chi connectivity index (χ0n) is 11.3. The van der Waals surface area contributed by atoms with Crippen molar-refractivity contribution >= 4 is 27.6 Å². The molecule has 0 radical (unpaired) electrons. The van der Waals surface area contributed by atoms with Crippen molar-refractivity contribution in [3.8, 4) is 0 Å². The molecule has 0 aromatic heterocycles. The average Bonchev–Trinajstić information content (AvgIpc) is 2.34. The summed E-state index contributed by atoms with van der Waals surface area (Å²) in [7, 11) is 0. The number of nitrogens with zero attached hydrogens (tertiary/aromatic N) is 1. The highest BCUT2D eigenvalue weighted by molar-refractivity contribution is 9.10. The molecule has 6 nitrogen and oxygen atoms in total. The van der Waals surface area contributed by atoms with E-state index in [1.54, 1.807) is 12.1 Å². The van der Waals surface area contributed by atoms with Crippen LogP contribution >= 0.6 is 15.9 Å². The molecule has 0 spiro atoms. The standard InChI is InChI=1S/C13H17BrN2O4/c1-8(2)6-10(13(17)18)15-7-9-4-3-5-11(12(9)14)16(19)20/h3-5,8,10,15H,6-7H2,1-2H3,(H,17,18). The molecule has 1 atom stereocenters. The van der Waals surface area contributed by atoms with E-state index in [9.17, 15) is 14.9 Å². The van der Waals surface area contributed by atoms with Crippen molar-refractivity contribution in [1.29, 1.82) is 0 Å². The van der Waals surface area contributed by atoms with Crippen LogP contribution in [0.25, 0.3) is 0 Å². The van der Waals surface area contributed by atoms with Gasteiger partial charge in [-0.25, -0.2) is 0 Å². The number of carbonyl (C=O) groups is 1. The van der Waals surface area contributed by atoms with Crippen LogP contribution in [0.1, 0.15) is 25.8 Å². The summed E-state index contributed by atoms with van der Waals surface area (Å²) in [6, 6.07) is 4.04. The SMILES string of the molecule is CC(C)CC(NCc1cccc([N+](=O)[O-])c1Br)C(=O)O.